The molecule has 2 aliphatic carbocycles. The molecule has 0 spiro atoms. The van der Waals surface area contributed by atoms with E-state index in [1.54, 1.807) is 0 Å². The van der Waals surface area contributed by atoms with Gasteiger partial charge in [0.1, 0.15) is 0 Å². The summed E-state index contributed by atoms with van der Waals surface area (Å²) >= 11 is 23.3. The molecule has 4 aromatic rings. The van der Waals surface area contributed by atoms with Crippen LogP contribution in [-0.4, -0.2) is 3.21 Å². The van der Waals surface area contributed by atoms with Crippen molar-refractivity contribution in [2.24, 2.45) is 0 Å². The van der Waals surface area contributed by atoms with Crippen LogP contribution in [0.25, 0.3) is 11.1 Å². The number of hydrogen-bond acceptors (Lipinski definition) is 0. The second kappa shape index (κ2) is 14.5. The van der Waals surface area contributed by atoms with Crippen molar-refractivity contribution >= 4 is 49.6 Å². The second-order valence-corrected chi connectivity index (χ2v) is 22.9. The number of hydrogen-bond donors (Lipinski definition) is 0. The topological polar surface area (TPSA) is 0 Å². The third kappa shape index (κ3) is 7.20. The van der Waals surface area contributed by atoms with Crippen molar-refractivity contribution in [2.75, 3.05) is 0 Å². The van der Waals surface area contributed by atoms with Crippen LogP contribution in [0.5, 0.6) is 0 Å². The van der Waals surface area contributed by atoms with Crippen molar-refractivity contribution in [1.82, 2.24) is 0 Å². The van der Waals surface area contributed by atoms with Crippen molar-refractivity contribution in [3.05, 3.63) is 153 Å². The van der Waals surface area contributed by atoms with Crippen molar-refractivity contribution in [3.63, 3.8) is 0 Å². The summed E-state index contributed by atoms with van der Waals surface area (Å²) in [6.07, 6.45) is 9.40. The van der Waals surface area contributed by atoms with Gasteiger partial charge in [-0.25, -0.2) is 0 Å². The molecule has 0 radical (unpaired) electrons. The fourth-order valence-electron chi connectivity index (χ4n) is 7.29. The maximum absolute atomic E-state index is 6.57. The summed E-state index contributed by atoms with van der Waals surface area (Å²) in [5, 5.41) is 0. The van der Waals surface area contributed by atoms with Gasteiger partial charge in [-0.3, -0.25) is 0 Å². The van der Waals surface area contributed by atoms with Crippen molar-refractivity contribution in [3.8, 4) is 11.1 Å². The summed E-state index contributed by atoms with van der Waals surface area (Å²) in [5.41, 5.74) is 15.3. The molecular weight excluding hydrogens is 750 g/mol. The molecule has 4 aromatic carbocycles. The predicted molar refractivity (Wildman–Crippen MR) is 207 cm³/mol. The number of alkyl halides is 4. The van der Waals surface area contributed by atoms with Crippen LogP contribution in [0.4, 0.5) is 0 Å². The molecule has 0 unspecified atom stereocenters. The van der Waals surface area contributed by atoms with Crippen LogP contribution in [0.2, 0.25) is 3.63 Å². The van der Waals surface area contributed by atoms with E-state index >= 15 is 0 Å². The molecule has 0 heterocycles. The van der Waals surface area contributed by atoms with Crippen molar-refractivity contribution in [2.45, 2.75) is 83.1 Å². The van der Waals surface area contributed by atoms with E-state index < -0.39 is 21.3 Å². The summed E-state index contributed by atoms with van der Waals surface area (Å²) in [5.74, 6) is 1.72. The molecule has 0 atom stereocenters. The molecule has 0 bridgehead atoms. The van der Waals surface area contributed by atoms with E-state index in [2.05, 4.69) is 139 Å². The second-order valence-electron chi connectivity index (χ2n) is 15.3. The van der Waals surface area contributed by atoms with Gasteiger partial charge in [-0.2, -0.15) is 0 Å². The Kier molecular flexibility index (Phi) is 10.9. The van der Waals surface area contributed by atoms with Gasteiger partial charge in [-0.1, -0.05) is 0 Å². The monoisotopic (exact) mass is 790 g/mol. The van der Waals surface area contributed by atoms with Crippen LogP contribution in [0.15, 0.2) is 97.1 Å². The number of halogens is 4. The molecule has 5 heteroatoms. The SMILES string of the molecule is CC(C)(C)c1ccc2c(c1)[CH]([Zr](=[C](c1cc(CCl)cc(CCl)c1)c1cc(CCl)cc(CCl)c1)[CH]1C=CC=C1)c1cc(C(C)(C)C)ccc1-2. The van der Waals surface area contributed by atoms with Gasteiger partial charge < -0.3 is 0 Å². The number of benzene rings is 4. The summed E-state index contributed by atoms with van der Waals surface area (Å²) in [4.78, 5) is 0. The van der Waals surface area contributed by atoms with Gasteiger partial charge in [-0.05, 0) is 0 Å². The average molecular weight is 794 g/mol. The van der Waals surface area contributed by atoms with Crippen LogP contribution >= 0.6 is 46.4 Å². The Bertz CT molecular complexity index is 1770. The van der Waals surface area contributed by atoms with E-state index in [-0.39, 0.29) is 14.5 Å². The first-order valence-corrected chi connectivity index (χ1v) is 23.0. The Morgan fingerprint density at radius 2 is 0.917 bits per heavy atom. The third-order valence-corrected chi connectivity index (χ3v) is 19.6. The first-order valence-electron chi connectivity index (χ1n) is 16.7. The van der Waals surface area contributed by atoms with E-state index in [0.29, 0.717) is 27.1 Å². The number of fused-ring (bicyclic) bond motifs is 3. The van der Waals surface area contributed by atoms with Gasteiger partial charge in [0, 0.05) is 0 Å². The molecule has 0 aliphatic heterocycles. The van der Waals surface area contributed by atoms with Gasteiger partial charge >= 0.3 is 318 Å². The minimum atomic E-state index is -2.97. The molecule has 2 aliphatic rings. The molecule has 0 saturated heterocycles. The summed E-state index contributed by atoms with van der Waals surface area (Å²) in [6, 6.07) is 28.1. The van der Waals surface area contributed by atoms with E-state index in [1.807, 2.05) is 0 Å². The normalized spacial score (nSPS) is 14.5. The van der Waals surface area contributed by atoms with Gasteiger partial charge in [0.2, 0.25) is 0 Å². The van der Waals surface area contributed by atoms with Crippen LogP contribution < -0.4 is 0 Å². The standard InChI is InChI=1S/C21H25.C17H14Cl4.C5H5.Zr/c1-20(2,3)16-7-9-18-14(12-16)11-15-13-17(21(4,5)6)8-10-19(15)18;18-8-14-2-12(3-15(6-14)9-19)1-13-4-16(10-20)7-17(5-13)11-21;1-2-4-5-3-1;/h7-13H,1-6H3;2-7H,8-11H2;1-5H;. The van der Waals surface area contributed by atoms with Crippen LogP contribution in [0.1, 0.15) is 101 Å². The van der Waals surface area contributed by atoms with Gasteiger partial charge in [-0.15, -0.1) is 0 Å². The number of allylic oxidation sites excluding steroid dienone is 4. The fraction of sp³-hybridized carbons (Fsp3) is 0.326. The van der Waals surface area contributed by atoms with E-state index in [4.69, 9.17) is 46.4 Å². The number of rotatable bonds is 8. The van der Waals surface area contributed by atoms with E-state index in [1.165, 1.54) is 47.7 Å². The Hall–Kier alpha value is -1.73. The molecule has 0 nitrogen and oxygen atoms in total. The molecule has 0 aromatic heterocycles. The molecule has 0 N–H and O–H groups in total. The molecule has 6 rings (SSSR count). The zero-order chi connectivity index (χ0) is 34.4. The Morgan fingerprint density at radius 1 is 0.542 bits per heavy atom. The Labute approximate surface area is 315 Å². The molecule has 0 saturated carbocycles. The van der Waals surface area contributed by atoms with Crippen molar-refractivity contribution in [1.29, 1.82) is 0 Å². The summed E-state index contributed by atoms with van der Waals surface area (Å²) in [7, 11) is 0. The van der Waals surface area contributed by atoms with Crippen LogP contribution in [0.3, 0.4) is 0 Å². The quantitative estimate of drug-likeness (QED) is 0.156. The molecular formula is C43H44Cl4Zr. The Morgan fingerprint density at radius 3 is 1.25 bits per heavy atom. The minimum absolute atomic E-state index is 0.0298. The molecule has 48 heavy (non-hydrogen) atoms. The van der Waals surface area contributed by atoms with Crippen LogP contribution in [-0.2, 0) is 55.6 Å². The summed E-state index contributed by atoms with van der Waals surface area (Å²) < 4.78 is 2.09. The first-order chi connectivity index (χ1) is 22.9. The maximum atomic E-state index is 6.57. The van der Waals surface area contributed by atoms with Crippen LogP contribution in [0, 0.1) is 0 Å². The molecule has 0 amide bonds. The Balaban J connectivity index is 1.80. The average Bonchev–Trinajstić information content (AvgIpc) is 3.72. The van der Waals surface area contributed by atoms with Gasteiger partial charge in [0.25, 0.3) is 0 Å². The predicted octanol–water partition coefficient (Wildman–Crippen LogP) is 13.1. The molecule has 248 valence electrons. The zero-order valence-corrected chi connectivity index (χ0v) is 34.2. The van der Waals surface area contributed by atoms with Crippen molar-refractivity contribution < 1.29 is 21.3 Å². The zero-order valence-electron chi connectivity index (χ0n) is 28.7. The summed E-state index contributed by atoms with van der Waals surface area (Å²) in [6.45, 7) is 13.9. The van der Waals surface area contributed by atoms with Gasteiger partial charge in [0.05, 0.1) is 0 Å². The fourth-order valence-corrected chi connectivity index (χ4v) is 17.1. The van der Waals surface area contributed by atoms with Gasteiger partial charge in [0.15, 0.2) is 0 Å². The third-order valence-electron chi connectivity index (χ3n) is 9.75. The van der Waals surface area contributed by atoms with E-state index in [0.717, 1.165) is 22.3 Å². The van der Waals surface area contributed by atoms with E-state index in [9.17, 15) is 0 Å². The first kappa shape index (κ1) is 36.1. The molecule has 0 fully saturated rings.